The average Bonchev–Trinajstić information content (AvgIpc) is 3.26. The van der Waals surface area contributed by atoms with Gasteiger partial charge in [0.1, 0.15) is 5.52 Å². The van der Waals surface area contributed by atoms with Gasteiger partial charge in [-0.15, -0.1) is 0 Å². The highest BCUT2D eigenvalue weighted by Gasteiger charge is 2.33. The highest BCUT2D eigenvalue weighted by molar-refractivity contribution is 5.69. The first-order chi connectivity index (χ1) is 10.3. The zero-order valence-corrected chi connectivity index (χ0v) is 12.6. The molecule has 3 heterocycles. The number of rotatable bonds is 4. The number of fused-ring (bicyclic) bond motifs is 1. The van der Waals surface area contributed by atoms with Crippen LogP contribution in [0.5, 0.6) is 0 Å². The first-order valence-corrected chi connectivity index (χ1v) is 8.09. The molecule has 2 aromatic rings. The molecule has 1 aliphatic heterocycles. The second kappa shape index (κ2) is 5.30. The van der Waals surface area contributed by atoms with Crippen molar-refractivity contribution in [2.45, 2.75) is 38.6 Å². The molecule has 112 valence electrons. The van der Waals surface area contributed by atoms with Crippen LogP contribution in [-0.4, -0.2) is 40.3 Å². The minimum absolute atomic E-state index is 0.681. The summed E-state index contributed by atoms with van der Waals surface area (Å²) in [7, 11) is 0. The fraction of sp³-hybridized carbons (Fsp3) is 0.625. The molecular formula is C16H23N5. The third-order valence-corrected chi connectivity index (χ3v) is 4.61. The van der Waals surface area contributed by atoms with Crippen LogP contribution in [0, 0.1) is 12.8 Å². The van der Waals surface area contributed by atoms with Gasteiger partial charge in [0.15, 0.2) is 5.82 Å². The molecule has 1 N–H and O–H groups in total. The predicted molar refractivity (Wildman–Crippen MR) is 83.7 cm³/mol. The maximum atomic E-state index is 4.69. The van der Waals surface area contributed by atoms with Gasteiger partial charge in [-0.25, -0.2) is 9.50 Å². The second-order valence-electron chi connectivity index (χ2n) is 6.46. The smallest absolute Gasteiger partial charge is 0.154 e. The van der Waals surface area contributed by atoms with E-state index in [1.54, 1.807) is 0 Å². The van der Waals surface area contributed by atoms with Crippen molar-refractivity contribution in [1.82, 2.24) is 19.9 Å². The first kappa shape index (κ1) is 13.1. The second-order valence-corrected chi connectivity index (χ2v) is 6.46. The first-order valence-electron chi connectivity index (χ1n) is 8.09. The highest BCUT2D eigenvalue weighted by atomic mass is 15.3. The Morgan fingerprint density at radius 2 is 2.29 bits per heavy atom. The van der Waals surface area contributed by atoms with E-state index in [1.165, 1.54) is 32.2 Å². The van der Waals surface area contributed by atoms with E-state index in [0.29, 0.717) is 6.04 Å². The van der Waals surface area contributed by atoms with E-state index >= 15 is 0 Å². The third kappa shape index (κ3) is 2.62. The van der Waals surface area contributed by atoms with E-state index in [9.17, 15) is 0 Å². The topological polar surface area (TPSA) is 45.5 Å². The zero-order chi connectivity index (χ0) is 14.2. The van der Waals surface area contributed by atoms with Crippen molar-refractivity contribution in [2.24, 2.45) is 5.92 Å². The van der Waals surface area contributed by atoms with E-state index in [0.717, 1.165) is 36.0 Å². The number of aryl methyl sites for hydroxylation is 1. The van der Waals surface area contributed by atoms with Crippen LogP contribution in [0.4, 0.5) is 5.82 Å². The molecule has 0 aromatic carbocycles. The molecule has 5 nitrogen and oxygen atoms in total. The van der Waals surface area contributed by atoms with Gasteiger partial charge in [0, 0.05) is 25.0 Å². The van der Waals surface area contributed by atoms with Crippen LogP contribution in [0.2, 0.25) is 0 Å². The standard InChI is InChI=1S/C16H23N5/c1-12-9-15-16(18-7-8-21(15)19-12)20(14-4-5-14)11-13-3-2-6-17-10-13/h7-9,13-14,17H,2-6,10-11H2,1H3. The Kier molecular flexibility index (Phi) is 3.30. The fourth-order valence-electron chi connectivity index (χ4n) is 3.40. The lowest BCUT2D eigenvalue weighted by atomic mass is 9.99. The van der Waals surface area contributed by atoms with Gasteiger partial charge in [-0.2, -0.15) is 5.10 Å². The lowest BCUT2D eigenvalue weighted by Gasteiger charge is -2.31. The van der Waals surface area contributed by atoms with Crippen LogP contribution in [0.25, 0.3) is 5.52 Å². The van der Waals surface area contributed by atoms with Gasteiger partial charge in [0.05, 0.1) is 5.69 Å². The minimum atomic E-state index is 0.681. The number of nitrogens with one attached hydrogen (secondary N) is 1. The number of anilines is 1. The van der Waals surface area contributed by atoms with Crippen LogP contribution < -0.4 is 10.2 Å². The summed E-state index contributed by atoms with van der Waals surface area (Å²) in [6.45, 7) is 5.48. The number of aromatic nitrogens is 3. The molecular weight excluding hydrogens is 262 g/mol. The Morgan fingerprint density at radius 1 is 1.38 bits per heavy atom. The van der Waals surface area contributed by atoms with E-state index in [1.807, 2.05) is 23.8 Å². The summed E-state index contributed by atoms with van der Waals surface area (Å²) < 4.78 is 1.96. The summed E-state index contributed by atoms with van der Waals surface area (Å²) in [5, 5.41) is 8.05. The maximum Gasteiger partial charge on any atom is 0.154 e. The zero-order valence-electron chi connectivity index (χ0n) is 12.6. The molecule has 5 heteroatoms. The van der Waals surface area contributed by atoms with Gasteiger partial charge < -0.3 is 10.2 Å². The minimum Gasteiger partial charge on any atom is -0.352 e. The van der Waals surface area contributed by atoms with Crippen molar-refractivity contribution in [3.05, 3.63) is 24.2 Å². The average molecular weight is 285 g/mol. The molecule has 0 spiro atoms. The van der Waals surface area contributed by atoms with Crippen LogP contribution >= 0.6 is 0 Å². The SMILES string of the molecule is Cc1cc2c(N(CC3CCCNC3)C3CC3)nccn2n1. The molecule has 2 aliphatic rings. The quantitative estimate of drug-likeness (QED) is 0.933. The van der Waals surface area contributed by atoms with Crippen molar-refractivity contribution >= 4 is 11.3 Å². The van der Waals surface area contributed by atoms with E-state index in [4.69, 9.17) is 4.98 Å². The molecule has 1 atom stereocenters. The Bertz CT molecular complexity index is 625. The molecule has 2 aromatic heterocycles. The van der Waals surface area contributed by atoms with Crippen LogP contribution in [0.15, 0.2) is 18.5 Å². The Balaban J connectivity index is 1.65. The van der Waals surface area contributed by atoms with Gasteiger partial charge in [0.2, 0.25) is 0 Å². The summed E-state index contributed by atoms with van der Waals surface area (Å²) >= 11 is 0. The molecule has 1 aliphatic carbocycles. The third-order valence-electron chi connectivity index (χ3n) is 4.61. The summed E-state index contributed by atoms with van der Waals surface area (Å²) in [5.74, 6) is 1.86. The lowest BCUT2D eigenvalue weighted by Crippen LogP contribution is -2.39. The summed E-state index contributed by atoms with van der Waals surface area (Å²) in [6.07, 6.45) is 9.05. The molecule has 4 rings (SSSR count). The molecule has 21 heavy (non-hydrogen) atoms. The Labute approximate surface area is 125 Å². The van der Waals surface area contributed by atoms with E-state index < -0.39 is 0 Å². The number of hydrogen-bond acceptors (Lipinski definition) is 4. The molecule has 1 unspecified atom stereocenters. The van der Waals surface area contributed by atoms with Crippen molar-refractivity contribution in [3.8, 4) is 0 Å². The number of hydrogen-bond donors (Lipinski definition) is 1. The van der Waals surface area contributed by atoms with Crippen LogP contribution in [0.1, 0.15) is 31.4 Å². The fourth-order valence-corrected chi connectivity index (χ4v) is 3.40. The van der Waals surface area contributed by atoms with Crippen molar-refractivity contribution < 1.29 is 0 Å². The Hall–Kier alpha value is -1.62. The maximum absolute atomic E-state index is 4.69. The van der Waals surface area contributed by atoms with Gasteiger partial charge in [-0.1, -0.05) is 0 Å². The monoisotopic (exact) mass is 285 g/mol. The van der Waals surface area contributed by atoms with E-state index in [2.05, 4.69) is 21.4 Å². The van der Waals surface area contributed by atoms with Gasteiger partial charge in [-0.05, 0) is 57.7 Å². The molecule has 1 saturated heterocycles. The number of nitrogens with zero attached hydrogens (tertiary/aromatic N) is 4. The summed E-state index contributed by atoms with van der Waals surface area (Å²) in [4.78, 5) is 7.23. The summed E-state index contributed by atoms with van der Waals surface area (Å²) in [5.41, 5.74) is 2.20. The van der Waals surface area contributed by atoms with Crippen LogP contribution in [-0.2, 0) is 0 Å². The van der Waals surface area contributed by atoms with Crippen molar-refractivity contribution in [2.75, 3.05) is 24.5 Å². The normalized spacial score (nSPS) is 22.6. The summed E-state index contributed by atoms with van der Waals surface area (Å²) in [6, 6.07) is 2.83. The lowest BCUT2D eigenvalue weighted by molar-refractivity contribution is 0.375. The molecule has 0 radical (unpaired) electrons. The number of piperidine rings is 1. The van der Waals surface area contributed by atoms with E-state index in [-0.39, 0.29) is 0 Å². The molecule has 0 bridgehead atoms. The molecule has 0 amide bonds. The molecule has 1 saturated carbocycles. The largest absolute Gasteiger partial charge is 0.352 e. The van der Waals surface area contributed by atoms with Gasteiger partial charge in [0.25, 0.3) is 0 Å². The van der Waals surface area contributed by atoms with Gasteiger partial charge in [-0.3, -0.25) is 0 Å². The van der Waals surface area contributed by atoms with Crippen molar-refractivity contribution in [1.29, 1.82) is 0 Å². The highest BCUT2D eigenvalue weighted by Crippen LogP contribution is 2.34. The predicted octanol–water partition coefficient (Wildman–Crippen LogP) is 2.01. The molecule has 2 fully saturated rings. The van der Waals surface area contributed by atoms with Gasteiger partial charge >= 0.3 is 0 Å². The van der Waals surface area contributed by atoms with Crippen molar-refractivity contribution in [3.63, 3.8) is 0 Å². The Morgan fingerprint density at radius 3 is 3.05 bits per heavy atom. The van der Waals surface area contributed by atoms with Crippen LogP contribution in [0.3, 0.4) is 0 Å².